The van der Waals surface area contributed by atoms with Gasteiger partial charge < -0.3 is 9.64 Å². The molecule has 0 aliphatic carbocycles. The quantitative estimate of drug-likeness (QED) is 0.447. The second kappa shape index (κ2) is 8.10. The summed E-state index contributed by atoms with van der Waals surface area (Å²) in [5.74, 6) is -0.328. The van der Waals surface area contributed by atoms with E-state index >= 15 is 0 Å². The van der Waals surface area contributed by atoms with Crippen molar-refractivity contribution in [1.29, 1.82) is 0 Å². The second-order valence-electron chi connectivity index (χ2n) is 6.83. The van der Waals surface area contributed by atoms with Crippen LogP contribution >= 0.6 is 15.9 Å². The molecule has 3 aromatic rings. The van der Waals surface area contributed by atoms with Gasteiger partial charge in [0, 0.05) is 24.8 Å². The van der Waals surface area contributed by atoms with Gasteiger partial charge >= 0.3 is 5.97 Å². The first-order valence-corrected chi connectivity index (χ1v) is 10.0. The number of pyridine rings is 1. The predicted octanol–water partition coefficient (Wildman–Crippen LogP) is 4.46. The van der Waals surface area contributed by atoms with E-state index in [0.29, 0.717) is 35.4 Å². The Kier molecular flexibility index (Phi) is 5.39. The fraction of sp³-hybridized carbons (Fsp3) is 0.227. The molecule has 1 aromatic heterocycles. The van der Waals surface area contributed by atoms with E-state index in [1.165, 1.54) is 0 Å². The number of aromatic nitrogens is 1. The molecule has 1 fully saturated rings. The first-order chi connectivity index (χ1) is 13.6. The van der Waals surface area contributed by atoms with E-state index in [-0.39, 0.29) is 17.8 Å². The molecule has 2 aromatic carbocycles. The number of ether oxygens (including phenoxy) is 1. The fourth-order valence-corrected chi connectivity index (χ4v) is 3.91. The van der Waals surface area contributed by atoms with Crippen molar-refractivity contribution in [3.63, 3.8) is 0 Å². The van der Waals surface area contributed by atoms with Crippen molar-refractivity contribution in [3.05, 3.63) is 71.0 Å². The number of carbonyl (C=O) groups is 2. The van der Waals surface area contributed by atoms with Crippen molar-refractivity contribution in [2.24, 2.45) is 5.92 Å². The number of rotatable bonds is 3. The third kappa shape index (κ3) is 3.78. The minimum Gasteiger partial charge on any atom is -0.423 e. The van der Waals surface area contributed by atoms with Crippen molar-refractivity contribution in [2.75, 3.05) is 13.1 Å². The zero-order valence-corrected chi connectivity index (χ0v) is 16.8. The third-order valence-electron chi connectivity index (χ3n) is 5.00. The molecule has 1 amide bonds. The lowest BCUT2D eigenvalue weighted by atomic mass is 9.96. The molecule has 0 saturated carbocycles. The van der Waals surface area contributed by atoms with Crippen LogP contribution in [0, 0.1) is 5.92 Å². The van der Waals surface area contributed by atoms with Crippen LogP contribution in [0.4, 0.5) is 0 Å². The van der Waals surface area contributed by atoms with Crippen LogP contribution in [-0.2, 0) is 4.79 Å². The van der Waals surface area contributed by atoms with Crippen molar-refractivity contribution in [2.45, 2.75) is 12.8 Å². The normalized spacial score (nSPS) is 16.8. The van der Waals surface area contributed by atoms with E-state index in [4.69, 9.17) is 4.74 Å². The van der Waals surface area contributed by atoms with E-state index in [9.17, 15) is 9.59 Å². The molecule has 1 atom stereocenters. The summed E-state index contributed by atoms with van der Waals surface area (Å²) in [7, 11) is 0. The maximum absolute atomic E-state index is 13.2. The number of amides is 1. The van der Waals surface area contributed by atoms with Gasteiger partial charge in [0.05, 0.1) is 5.92 Å². The average molecular weight is 439 g/mol. The molecule has 4 rings (SSSR count). The molecule has 0 N–H and O–H groups in total. The lowest BCUT2D eigenvalue weighted by Crippen LogP contribution is -2.43. The van der Waals surface area contributed by atoms with Gasteiger partial charge in [-0.2, -0.15) is 0 Å². The standard InChI is InChI=1S/C22H19BrN2O3/c23-20-19(11-4-12-24-20)28-22(27)16-8-5-13-25(14-16)21(26)18-10-3-7-15-6-1-2-9-17(15)18/h1-4,6-7,9-12,16H,5,8,13-14H2. The van der Waals surface area contributed by atoms with Crippen molar-refractivity contribution in [3.8, 4) is 5.75 Å². The maximum Gasteiger partial charge on any atom is 0.316 e. The molecule has 1 aliphatic rings. The van der Waals surface area contributed by atoms with Gasteiger partial charge in [-0.15, -0.1) is 0 Å². The van der Waals surface area contributed by atoms with Gasteiger partial charge in [-0.3, -0.25) is 9.59 Å². The molecule has 6 heteroatoms. The lowest BCUT2D eigenvalue weighted by molar-refractivity contribution is -0.140. The van der Waals surface area contributed by atoms with E-state index < -0.39 is 0 Å². The molecule has 0 spiro atoms. The van der Waals surface area contributed by atoms with Crippen LogP contribution in [0.2, 0.25) is 0 Å². The molecular formula is C22H19BrN2O3. The number of hydrogen-bond donors (Lipinski definition) is 0. The highest BCUT2D eigenvalue weighted by Gasteiger charge is 2.31. The zero-order chi connectivity index (χ0) is 19.5. The fourth-order valence-electron chi connectivity index (χ4n) is 3.58. The monoisotopic (exact) mass is 438 g/mol. The van der Waals surface area contributed by atoms with Gasteiger partial charge in [-0.1, -0.05) is 36.4 Å². The molecule has 142 valence electrons. The second-order valence-corrected chi connectivity index (χ2v) is 7.58. The summed E-state index contributed by atoms with van der Waals surface area (Å²) in [4.78, 5) is 31.6. The number of halogens is 1. The van der Waals surface area contributed by atoms with E-state index in [1.54, 1.807) is 23.2 Å². The largest absolute Gasteiger partial charge is 0.423 e. The van der Waals surface area contributed by atoms with Crippen LogP contribution < -0.4 is 4.74 Å². The molecule has 1 saturated heterocycles. The van der Waals surface area contributed by atoms with Crippen molar-refractivity contribution < 1.29 is 14.3 Å². The highest BCUT2D eigenvalue weighted by molar-refractivity contribution is 9.10. The molecule has 1 unspecified atom stereocenters. The summed E-state index contributed by atoms with van der Waals surface area (Å²) in [5.41, 5.74) is 0.669. The summed E-state index contributed by atoms with van der Waals surface area (Å²) in [6, 6.07) is 17.0. The number of likely N-dealkylation sites (tertiary alicyclic amines) is 1. The number of fused-ring (bicyclic) bond motifs is 1. The smallest absolute Gasteiger partial charge is 0.316 e. The Bertz CT molecular complexity index is 1030. The van der Waals surface area contributed by atoms with Gasteiger partial charge in [0.1, 0.15) is 4.60 Å². The molecular weight excluding hydrogens is 420 g/mol. The van der Waals surface area contributed by atoms with Crippen LogP contribution in [0.3, 0.4) is 0 Å². The highest BCUT2D eigenvalue weighted by atomic mass is 79.9. The Labute approximate surface area is 171 Å². The van der Waals surface area contributed by atoms with Gasteiger partial charge in [0.2, 0.25) is 0 Å². The van der Waals surface area contributed by atoms with Gasteiger partial charge in [-0.05, 0) is 57.7 Å². The molecule has 0 radical (unpaired) electrons. The van der Waals surface area contributed by atoms with Crippen LogP contribution in [-0.4, -0.2) is 34.8 Å². The van der Waals surface area contributed by atoms with E-state index in [2.05, 4.69) is 20.9 Å². The van der Waals surface area contributed by atoms with Crippen LogP contribution in [0.5, 0.6) is 5.75 Å². The third-order valence-corrected chi connectivity index (χ3v) is 5.59. The topological polar surface area (TPSA) is 59.5 Å². The van der Waals surface area contributed by atoms with Gasteiger partial charge in [0.15, 0.2) is 5.75 Å². The summed E-state index contributed by atoms with van der Waals surface area (Å²) in [6.45, 7) is 1.00. The van der Waals surface area contributed by atoms with Crippen LogP contribution in [0.1, 0.15) is 23.2 Å². The number of nitrogens with zero attached hydrogens (tertiary/aromatic N) is 2. The Morgan fingerprint density at radius 1 is 1.07 bits per heavy atom. The Balaban J connectivity index is 1.51. The molecule has 5 nitrogen and oxygen atoms in total. The number of carbonyl (C=O) groups excluding carboxylic acids is 2. The Morgan fingerprint density at radius 2 is 1.89 bits per heavy atom. The van der Waals surface area contributed by atoms with E-state index in [1.807, 2.05) is 42.5 Å². The SMILES string of the molecule is O=C(Oc1cccnc1Br)C1CCCN(C(=O)c2cccc3ccccc23)C1. The van der Waals surface area contributed by atoms with Crippen LogP contribution in [0.15, 0.2) is 65.4 Å². The summed E-state index contributed by atoms with van der Waals surface area (Å²) in [5, 5.41) is 1.96. The minimum absolute atomic E-state index is 0.0446. The predicted molar refractivity (Wildman–Crippen MR) is 110 cm³/mol. The van der Waals surface area contributed by atoms with Crippen molar-refractivity contribution in [1.82, 2.24) is 9.88 Å². The summed E-state index contributed by atoms with van der Waals surface area (Å²) >= 11 is 3.28. The first-order valence-electron chi connectivity index (χ1n) is 9.23. The number of piperidine rings is 1. The summed E-state index contributed by atoms with van der Waals surface area (Å²) < 4.78 is 5.99. The Morgan fingerprint density at radius 3 is 2.75 bits per heavy atom. The van der Waals surface area contributed by atoms with E-state index in [0.717, 1.165) is 17.2 Å². The minimum atomic E-state index is -0.347. The van der Waals surface area contributed by atoms with Crippen LogP contribution in [0.25, 0.3) is 10.8 Å². The number of benzene rings is 2. The zero-order valence-electron chi connectivity index (χ0n) is 15.2. The average Bonchev–Trinajstić information content (AvgIpc) is 2.74. The number of esters is 1. The molecule has 28 heavy (non-hydrogen) atoms. The summed E-state index contributed by atoms with van der Waals surface area (Å²) in [6.07, 6.45) is 3.09. The highest BCUT2D eigenvalue weighted by Crippen LogP contribution is 2.26. The molecule has 2 heterocycles. The lowest BCUT2D eigenvalue weighted by Gasteiger charge is -2.32. The first kappa shape index (κ1) is 18.6. The maximum atomic E-state index is 13.2. The molecule has 0 bridgehead atoms. The van der Waals surface area contributed by atoms with Crippen molar-refractivity contribution >= 4 is 38.6 Å². The van der Waals surface area contributed by atoms with Gasteiger partial charge in [-0.25, -0.2) is 4.98 Å². The molecule has 1 aliphatic heterocycles. The van der Waals surface area contributed by atoms with Gasteiger partial charge in [0.25, 0.3) is 5.91 Å². The Hall–Kier alpha value is -2.73. The number of hydrogen-bond acceptors (Lipinski definition) is 4.